The number of nitrogens with two attached hydrogens (primary N) is 1. The van der Waals surface area contributed by atoms with E-state index in [0.717, 1.165) is 0 Å². The fourth-order valence-electron chi connectivity index (χ4n) is 1.51. The van der Waals surface area contributed by atoms with Crippen LogP contribution in [-0.4, -0.2) is 8.42 Å². The Hall–Kier alpha value is -0.950. The molecule has 4 nitrogen and oxygen atoms in total. The summed E-state index contributed by atoms with van der Waals surface area (Å²) in [5.74, 6) is 0. The zero-order chi connectivity index (χ0) is 14.9. The van der Waals surface area contributed by atoms with Crippen LogP contribution in [0.25, 0.3) is 0 Å². The van der Waals surface area contributed by atoms with Gasteiger partial charge in [0.15, 0.2) is 0 Å². The molecule has 0 aliphatic carbocycles. The van der Waals surface area contributed by atoms with Gasteiger partial charge in [0.25, 0.3) is 10.0 Å². The van der Waals surface area contributed by atoms with E-state index in [0.29, 0.717) is 10.2 Å². The molecule has 2 aromatic rings. The van der Waals surface area contributed by atoms with Gasteiger partial charge in [-0.1, -0.05) is 29.3 Å². The van der Waals surface area contributed by atoms with Crippen LogP contribution in [-0.2, 0) is 10.0 Å². The highest BCUT2D eigenvalue weighted by Crippen LogP contribution is 2.32. The Morgan fingerprint density at radius 1 is 1.15 bits per heavy atom. The zero-order valence-electron chi connectivity index (χ0n) is 9.90. The normalized spacial score (nSPS) is 11.3. The predicted molar refractivity (Wildman–Crippen MR) is 85.8 cm³/mol. The summed E-state index contributed by atoms with van der Waals surface area (Å²) in [5, 5.41) is 0.399. The number of hydrogen-bond acceptors (Lipinski definition) is 3. The van der Waals surface area contributed by atoms with Gasteiger partial charge in [-0.3, -0.25) is 4.72 Å². The first kappa shape index (κ1) is 15.4. The summed E-state index contributed by atoms with van der Waals surface area (Å²) in [7, 11) is -3.83. The van der Waals surface area contributed by atoms with Crippen LogP contribution in [0.3, 0.4) is 0 Å². The molecule has 0 unspecified atom stereocenters. The first-order valence-electron chi connectivity index (χ1n) is 5.33. The van der Waals surface area contributed by atoms with Gasteiger partial charge in [-0.25, -0.2) is 8.42 Å². The molecule has 0 fully saturated rings. The van der Waals surface area contributed by atoms with Crippen molar-refractivity contribution in [3.05, 3.63) is 50.9 Å². The molecule has 20 heavy (non-hydrogen) atoms. The summed E-state index contributed by atoms with van der Waals surface area (Å²) < 4.78 is 27.5. The molecule has 8 heteroatoms. The van der Waals surface area contributed by atoms with E-state index in [-0.39, 0.29) is 20.6 Å². The molecule has 0 aliphatic rings. The predicted octanol–water partition coefficient (Wildman–Crippen LogP) is 4.14. The second-order valence-corrected chi connectivity index (χ2v) is 7.19. The molecule has 3 N–H and O–H groups in total. The van der Waals surface area contributed by atoms with E-state index in [1.165, 1.54) is 12.1 Å². The minimum atomic E-state index is -3.83. The van der Waals surface area contributed by atoms with Crippen LogP contribution in [0.1, 0.15) is 0 Å². The number of anilines is 2. The Kier molecular flexibility index (Phi) is 4.49. The molecular formula is C12H9BrCl2N2O2S. The molecule has 0 atom stereocenters. The minimum absolute atomic E-state index is 0.0218. The molecule has 2 rings (SSSR count). The Balaban J connectivity index is 2.46. The van der Waals surface area contributed by atoms with Crippen LogP contribution >= 0.6 is 39.1 Å². The maximum Gasteiger partial charge on any atom is 0.263 e. The largest absolute Gasteiger partial charge is 0.399 e. The molecule has 0 heterocycles. The SMILES string of the molecule is Nc1ccc(Br)c(S(=O)(=O)Nc2cccc(Cl)c2Cl)c1. The monoisotopic (exact) mass is 394 g/mol. The fraction of sp³-hybridized carbons (Fsp3) is 0. The number of sulfonamides is 1. The first-order valence-corrected chi connectivity index (χ1v) is 8.36. The summed E-state index contributed by atoms with van der Waals surface area (Å²) >= 11 is 15.0. The average Bonchev–Trinajstić information content (AvgIpc) is 2.37. The van der Waals surface area contributed by atoms with Crippen molar-refractivity contribution >= 4 is 60.5 Å². The number of nitrogen functional groups attached to an aromatic ring is 1. The lowest BCUT2D eigenvalue weighted by molar-refractivity contribution is 0.601. The van der Waals surface area contributed by atoms with Crippen molar-refractivity contribution in [3.63, 3.8) is 0 Å². The van der Waals surface area contributed by atoms with Gasteiger partial charge in [0.2, 0.25) is 0 Å². The van der Waals surface area contributed by atoms with E-state index >= 15 is 0 Å². The number of rotatable bonds is 3. The highest BCUT2D eigenvalue weighted by Gasteiger charge is 2.19. The van der Waals surface area contributed by atoms with Gasteiger partial charge < -0.3 is 5.73 Å². The van der Waals surface area contributed by atoms with Crippen LogP contribution < -0.4 is 10.5 Å². The van der Waals surface area contributed by atoms with E-state index in [1.54, 1.807) is 24.3 Å². The second kappa shape index (κ2) is 5.81. The summed E-state index contributed by atoms with van der Waals surface area (Å²) in [5.41, 5.74) is 6.15. The van der Waals surface area contributed by atoms with Gasteiger partial charge in [0.05, 0.1) is 15.7 Å². The van der Waals surface area contributed by atoms with E-state index in [4.69, 9.17) is 28.9 Å². The Morgan fingerprint density at radius 3 is 2.55 bits per heavy atom. The Morgan fingerprint density at radius 2 is 1.85 bits per heavy atom. The lowest BCUT2D eigenvalue weighted by atomic mass is 10.3. The van der Waals surface area contributed by atoms with E-state index < -0.39 is 10.0 Å². The smallest absolute Gasteiger partial charge is 0.263 e. The standard InChI is InChI=1S/C12H9BrCl2N2O2S/c13-8-5-4-7(16)6-11(8)20(18,19)17-10-3-1-2-9(14)12(10)15/h1-6,17H,16H2. The van der Waals surface area contributed by atoms with Crippen molar-refractivity contribution in [2.24, 2.45) is 0 Å². The summed E-state index contributed by atoms with van der Waals surface area (Å²) in [4.78, 5) is 0.0218. The molecule has 0 aliphatic heterocycles. The van der Waals surface area contributed by atoms with Crippen molar-refractivity contribution in [2.45, 2.75) is 4.90 Å². The van der Waals surface area contributed by atoms with Gasteiger partial charge in [0.1, 0.15) is 4.90 Å². The highest BCUT2D eigenvalue weighted by atomic mass is 79.9. The number of benzene rings is 2. The van der Waals surface area contributed by atoms with Gasteiger partial charge in [-0.2, -0.15) is 0 Å². The van der Waals surface area contributed by atoms with Gasteiger partial charge >= 0.3 is 0 Å². The molecule has 0 radical (unpaired) electrons. The summed E-state index contributed by atoms with van der Waals surface area (Å²) in [6.07, 6.45) is 0. The van der Waals surface area contributed by atoms with Crippen molar-refractivity contribution in [2.75, 3.05) is 10.5 Å². The average molecular weight is 396 g/mol. The molecule has 0 amide bonds. The zero-order valence-corrected chi connectivity index (χ0v) is 13.8. The molecular weight excluding hydrogens is 387 g/mol. The molecule has 0 aromatic heterocycles. The quantitative estimate of drug-likeness (QED) is 0.767. The number of halogens is 3. The number of hydrogen-bond donors (Lipinski definition) is 2. The molecule has 0 spiro atoms. The van der Waals surface area contributed by atoms with Gasteiger partial charge in [0, 0.05) is 10.2 Å². The van der Waals surface area contributed by atoms with Crippen LogP contribution in [0, 0.1) is 0 Å². The van der Waals surface area contributed by atoms with Crippen molar-refractivity contribution in [1.82, 2.24) is 0 Å². The summed E-state index contributed by atoms with van der Waals surface area (Å²) in [6.45, 7) is 0. The Labute approximate surface area is 135 Å². The molecule has 106 valence electrons. The van der Waals surface area contributed by atoms with Crippen molar-refractivity contribution < 1.29 is 8.42 Å². The molecule has 0 bridgehead atoms. The second-order valence-electron chi connectivity index (χ2n) is 3.90. The summed E-state index contributed by atoms with van der Waals surface area (Å²) in [6, 6.07) is 9.19. The van der Waals surface area contributed by atoms with Crippen molar-refractivity contribution in [3.8, 4) is 0 Å². The molecule has 0 saturated carbocycles. The maximum absolute atomic E-state index is 12.3. The molecule has 0 saturated heterocycles. The van der Waals surface area contributed by atoms with Gasteiger partial charge in [-0.05, 0) is 46.3 Å². The molecule has 2 aromatic carbocycles. The topological polar surface area (TPSA) is 72.2 Å². The highest BCUT2D eigenvalue weighted by molar-refractivity contribution is 9.10. The third-order valence-electron chi connectivity index (χ3n) is 2.44. The fourth-order valence-corrected chi connectivity index (χ4v) is 3.98. The van der Waals surface area contributed by atoms with E-state index in [1.807, 2.05) is 0 Å². The third-order valence-corrected chi connectivity index (χ3v) is 5.62. The van der Waals surface area contributed by atoms with Crippen LogP contribution in [0.2, 0.25) is 10.0 Å². The number of nitrogens with one attached hydrogen (secondary N) is 1. The van der Waals surface area contributed by atoms with Crippen LogP contribution in [0.5, 0.6) is 0 Å². The minimum Gasteiger partial charge on any atom is -0.399 e. The Bertz CT molecular complexity index is 766. The maximum atomic E-state index is 12.3. The van der Waals surface area contributed by atoms with Crippen LogP contribution in [0.4, 0.5) is 11.4 Å². The lowest BCUT2D eigenvalue weighted by Crippen LogP contribution is -2.14. The lowest BCUT2D eigenvalue weighted by Gasteiger charge is -2.12. The van der Waals surface area contributed by atoms with E-state index in [2.05, 4.69) is 20.7 Å². The third kappa shape index (κ3) is 3.20. The first-order chi connectivity index (χ1) is 9.31. The van der Waals surface area contributed by atoms with Crippen LogP contribution in [0.15, 0.2) is 45.8 Å². The van der Waals surface area contributed by atoms with E-state index in [9.17, 15) is 8.42 Å². The van der Waals surface area contributed by atoms with Gasteiger partial charge in [-0.15, -0.1) is 0 Å². The van der Waals surface area contributed by atoms with Crippen molar-refractivity contribution in [1.29, 1.82) is 0 Å².